The minimum absolute atomic E-state index is 0.0406. The van der Waals surface area contributed by atoms with Gasteiger partial charge in [-0.15, -0.1) is 0 Å². The monoisotopic (exact) mass is 380 g/mol. The molecule has 0 saturated carbocycles. The normalized spacial score (nSPS) is 25.1. The van der Waals surface area contributed by atoms with Gasteiger partial charge < -0.3 is 24.0 Å². The Morgan fingerprint density at radius 3 is 2.69 bits per heavy atom. The highest BCUT2D eigenvalue weighted by atomic mass is 35.5. The van der Waals surface area contributed by atoms with Crippen LogP contribution in [0.5, 0.6) is 11.5 Å². The summed E-state index contributed by atoms with van der Waals surface area (Å²) in [6, 6.07) is 3.38. The number of halogens is 1. The summed E-state index contributed by atoms with van der Waals surface area (Å²) < 4.78 is 16.9. The van der Waals surface area contributed by atoms with Crippen LogP contribution in [0.1, 0.15) is 12.0 Å². The molecule has 2 atom stereocenters. The molecule has 3 aliphatic heterocycles. The van der Waals surface area contributed by atoms with Crippen LogP contribution >= 0.6 is 11.6 Å². The molecule has 2 fully saturated rings. The van der Waals surface area contributed by atoms with E-state index in [1.54, 1.807) is 29.0 Å². The largest absolute Gasteiger partial charge is 0.486 e. The van der Waals surface area contributed by atoms with Crippen LogP contribution in [0.4, 0.5) is 0 Å². The Kier molecular flexibility index (Phi) is 4.67. The molecule has 3 aliphatic rings. The van der Waals surface area contributed by atoms with Gasteiger partial charge in [0.15, 0.2) is 11.5 Å². The Balaban J connectivity index is 1.47. The lowest BCUT2D eigenvalue weighted by atomic mass is 10.1. The smallest absolute Gasteiger partial charge is 0.227 e. The number of likely N-dealkylation sites (tertiary alicyclic amines) is 1. The van der Waals surface area contributed by atoms with Crippen LogP contribution < -0.4 is 9.47 Å². The van der Waals surface area contributed by atoms with E-state index in [9.17, 15) is 9.59 Å². The molecule has 7 nitrogen and oxygen atoms in total. The zero-order chi connectivity index (χ0) is 18.3. The average molecular weight is 381 g/mol. The van der Waals surface area contributed by atoms with Gasteiger partial charge >= 0.3 is 0 Å². The zero-order valence-electron chi connectivity index (χ0n) is 14.6. The van der Waals surface area contributed by atoms with E-state index in [0.29, 0.717) is 61.4 Å². The fourth-order valence-corrected chi connectivity index (χ4v) is 3.89. The van der Waals surface area contributed by atoms with E-state index in [2.05, 4.69) is 0 Å². The lowest BCUT2D eigenvalue weighted by Crippen LogP contribution is -2.43. The van der Waals surface area contributed by atoms with Crippen molar-refractivity contribution in [3.05, 3.63) is 22.7 Å². The van der Waals surface area contributed by atoms with Crippen molar-refractivity contribution < 1.29 is 23.8 Å². The quantitative estimate of drug-likeness (QED) is 0.769. The maximum Gasteiger partial charge on any atom is 0.227 e. The number of likely N-dealkylation sites (N-methyl/N-ethyl adjacent to an activating group) is 1. The summed E-state index contributed by atoms with van der Waals surface area (Å²) >= 11 is 6.31. The summed E-state index contributed by atoms with van der Waals surface area (Å²) in [5, 5.41) is 0.486. The average Bonchev–Trinajstić information content (AvgIpc) is 3.00. The maximum absolute atomic E-state index is 12.8. The van der Waals surface area contributed by atoms with Crippen LogP contribution in [0.15, 0.2) is 12.1 Å². The van der Waals surface area contributed by atoms with Crippen molar-refractivity contribution in [2.45, 2.75) is 25.0 Å². The molecule has 1 aromatic carbocycles. The van der Waals surface area contributed by atoms with Gasteiger partial charge in [-0.05, 0) is 11.6 Å². The van der Waals surface area contributed by atoms with Gasteiger partial charge in [0.2, 0.25) is 11.8 Å². The van der Waals surface area contributed by atoms with Crippen molar-refractivity contribution in [2.75, 3.05) is 40.0 Å². The van der Waals surface area contributed by atoms with E-state index in [1.165, 1.54) is 0 Å². The Bertz CT molecular complexity index is 741. The minimum atomic E-state index is -0.133. The Hall–Kier alpha value is -1.99. The first-order chi connectivity index (χ1) is 12.5. The number of nitrogens with zero attached hydrogens (tertiary/aromatic N) is 2. The predicted molar refractivity (Wildman–Crippen MR) is 93.6 cm³/mol. The second-order valence-corrected chi connectivity index (χ2v) is 7.20. The van der Waals surface area contributed by atoms with Crippen molar-refractivity contribution in [1.82, 2.24) is 9.80 Å². The third-order valence-electron chi connectivity index (χ3n) is 5.18. The summed E-state index contributed by atoms with van der Waals surface area (Å²) in [6.45, 7) is 2.34. The van der Waals surface area contributed by atoms with Gasteiger partial charge in [0.1, 0.15) is 13.2 Å². The van der Waals surface area contributed by atoms with E-state index in [0.717, 1.165) is 0 Å². The van der Waals surface area contributed by atoms with Crippen molar-refractivity contribution in [3.63, 3.8) is 0 Å². The van der Waals surface area contributed by atoms with E-state index in [-0.39, 0.29) is 30.4 Å². The first kappa shape index (κ1) is 17.4. The van der Waals surface area contributed by atoms with E-state index in [4.69, 9.17) is 25.8 Å². The van der Waals surface area contributed by atoms with Crippen LogP contribution in [0, 0.1) is 0 Å². The van der Waals surface area contributed by atoms with Gasteiger partial charge in [0, 0.05) is 31.2 Å². The predicted octanol–water partition coefficient (Wildman–Crippen LogP) is 1.11. The highest BCUT2D eigenvalue weighted by molar-refractivity contribution is 6.31. The molecule has 4 rings (SSSR count). The SMILES string of the molecule is CN1C(=O)CCO[C@H]2CN(C(=O)Cc3cc4c(cc3Cl)OCCO4)C[C@@H]21. The summed E-state index contributed by atoms with van der Waals surface area (Å²) in [7, 11) is 1.78. The number of carbonyl (C=O) groups excluding carboxylic acids is 2. The number of benzene rings is 1. The van der Waals surface area contributed by atoms with Gasteiger partial charge in [-0.3, -0.25) is 9.59 Å². The second kappa shape index (κ2) is 6.96. The summed E-state index contributed by atoms with van der Waals surface area (Å²) in [4.78, 5) is 28.3. The van der Waals surface area contributed by atoms with Crippen LogP contribution in [-0.4, -0.2) is 73.7 Å². The number of fused-ring (bicyclic) bond motifs is 2. The van der Waals surface area contributed by atoms with Gasteiger partial charge in [-0.2, -0.15) is 0 Å². The van der Waals surface area contributed by atoms with Crippen LogP contribution in [0.2, 0.25) is 5.02 Å². The molecular weight excluding hydrogens is 360 g/mol. The van der Waals surface area contributed by atoms with Gasteiger partial charge in [0.25, 0.3) is 0 Å². The van der Waals surface area contributed by atoms with E-state index < -0.39 is 0 Å². The summed E-state index contributed by atoms with van der Waals surface area (Å²) in [5.41, 5.74) is 0.707. The summed E-state index contributed by atoms with van der Waals surface area (Å²) in [5.74, 6) is 1.24. The number of carbonyl (C=O) groups is 2. The van der Waals surface area contributed by atoms with Crippen molar-refractivity contribution in [2.24, 2.45) is 0 Å². The third-order valence-corrected chi connectivity index (χ3v) is 5.53. The molecular formula is C18H21ClN2O5. The molecule has 0 unspecified atom stereocenters. The number of ether oxygens (including phenoxy) is 3. The molecule has 0 N–H and O–H groups in total. The highest BCUT2D eigenvalue weighted by Crippen LogP contribution is 2.36. The first-order valence-corrected chi connectivity index (χ1v) is 9.14. The molecule has 0 spiro atoms. The van der Waals surface area contributed by atoms with Crippen LogP contribution in [0.3, 0.4) is 0 Å². The second-order valence-electron chi connectivity index (χ2n) is 6.79. The molecule has 1 aromatic rings. The molecule has 26 heavy (non-hydrogen) atoms. The van der Waals surface area contributed by atoms with Crippen LogP contribution in [-0.2, 0) is 20.7 Å². The fraction of sp³-hybridized carbons (Fsp3) is 0.556. The van der Waals surface area contributed by atoms with Crippen molar-refractivity contribution in [3.8, 4) is 11.5 Å². The van der Waals surface area contributed by atoms with Crippen LogP contribution in [0.25, 0.3) is 0 Å². The molecule has 0 aliphatic carbocycles. The number of hydrogen-bond acceptors (Lipinski definition) is 5. The van der Waals surface area contributed by atoms with Gasteiger partial charge in [-0.25, -0.2) is 0 Å². The minimum Gasteiger partial charge on any atom is -0.486 e. The lowest BCUT2D eigenvalue weighted by Gasteiger charge is -2.25. The molecule has 0 radical (unpaired) electrons. The molecule has 0 bridgehead atoms. The summed E-state index contributed by atoms with van der Waals surface area (Å²) in [6.07, 6.45) is 0.433. The van der Waals surface area contributed by atoms with E-state index >= 15 is 0 Å². The lowest BCUT2D eigenvalue weighted by molar-refractivity contribution is -0.133. The first-order valence-electron chi connectivity index (χ1n) is 8.76. The molecule has 140 valence electrons. The zero-order valence-corrected chi connectivity index (χ0v) is 15.3. The van der Waals surface area contributed by atoms with Crippen molar-refractivity contribution >= 4 is 23.4 Å². The van der Waals surface area contributed by atoms with Gasteiger partial charge in [0.05, 0.1) is 31.6 Å². The fourth-order valence-electron chi connectivity index (χ4n) is 3.67. The van der Waals surface area contributed by atoms with Gasteiger partial charge in [-0.1, -0.05) is 11.6 Å². The highest BCUT2D eigenvalue weighted by Gasteiger charge is 2.41. The topological polar surface area (TPSA) is 68.3 Å². The number of hydrogen-bond donors (Lipinski definition) is 0. The maximum atomic E-state index is 12.8. The Morgan fingerprint density at radius 2 is 1.92 bits per heavy atom. The molecule has 8 heteroatoms. The molecule has 2 saturated heterocycles. The Morgan fingerprint density at radius 1 is 1.19 bits per heavy atom. The third kappa shape index (κ3) is 3.21. The number of amides is 2. The van der Waals surface area contributed by atoms with E-state index in [1.807, 2.05) is 0 Å². The molecule has 2 amide bonds. The number of rotatable bonds is 2. The molecule has 3 heterocycles. The standard InChI is InChI=1S/C18H21ClN2O5/c1-20-13-9-21(10-16(13)24-3-2-17(20)22)18(23)7-11-6-14-15(8-12(11)19)26-5-4-25-14/h6,8,13,16H,2-5,7,9-10H2,1H3/t13-,16-/m0/s1. The van der Waals surface area contributed by atoms with Crippen molar-refractivity contribution in [1.29, 1.82) is 0 Å². The molecule has 0 aromatic heterocycles. The Labute approximate surface area is 156 Å².